The van der Waals surface area contributed by atoms with Crippen LogP contribution in [0.4, 0.5) is 0 Å². The maximum Gasteiger partial charge on any atom is 0.495 e. The van der Waals surface area contributed by atoms with Gasteiger partial charge in [0.05, 0.1) is 17.3 Å². The minimum Gasteiger partial charge on any atom is -0.508 e. The van der Waals surface area contributed by atoms with Crippen molar-refractivity contribution >= 4 is 12.6 Å². The van der Waals surface area contributed by atoms with E-state index in [0.29, 0.717) is 6.42 Å². The van der Waals surface area contributed by atoms with Crippen LogP contribution in [0.1, 0.15) is 40.2 Å². The van der Waals surface area contributed by atoms with E-state index in [-0.39, 0.29) is 5.75 Å². The number of hydrogen-bond donors (Lipinski definition) is 2. The van der Waals surface area contributed by atoms with E-state index >= 15 is 0 Å². The molecule has 1 heterocycles. The minimum absolute atomic E-state index is 0.181. The van der Waals surface area contributed by atoms with E-state index in [1.165, 1.54) is 0 Å². The van der Waals surface area contributed by atoms with Gasteiger partial charge in [0.2, 0.25) is 0 Å². The number of aliphatic hydroxyl groups is 1. The number of phenolic OH excluding ortho intramolecular Hbond substituents is 1. The van der Waals surface area contributed by atoms with E-state index in [4.69, 9.17) is 9.31 Å². The van der Waals surface area contributed by atoms with Crippen LogP contribution in [0.5, 0.6) is 5.75 Å². The predicted molar refractivity (Wildman–Crippen MR) is 79.2 cm³/mol. The number of aromatic hydroxyl groups is 1. The number of rotatable bonds is 3. The molecule has 0 bridgehead atoms. The minimum atomic E-state index is -0.488. The molecule has 1 aromatic carbocycles. The summed E-state index contributed by atoms with van der Waals surface area (Å²) >= 11 is 0. The first kappa shape index (κ1) is 15.4. The Morgan fingerprint density at radius 1 is 1.15 bits per heavy atom. The Hall–Kier alpha value is -1.04. The molecule has 0 radical (unpaired) electrons. The summed E-state index contributed by atoms with van der Waals surface area (Å²) in [5, 5.41) is 19.2. The van der Waals surface area contributed by atoms with Crippen molar-refractivity contribution in [3.63, 3.8) is 0 Å². The molecule has 0 saturated carbocycles. The standard InChI is InChI=1S/C15H23BO4/c1-10(17)8-11-9-12(18)6-7-13(11)16-19-14(2,3)15(4,5)20-16/h6-7,9-10,17-18H,8H2,1-5H3. The fourth-order valence-corrected chi connectivity index (χ4v) is 2.29. The van der Waals surface area contributed by atoms with Crippen molar-refractivity contribution in [1.29, 1.82) is 0 Å². The van der Waals surface area contributed by atoms with Crippen LogP contribution in [0.2, 0.25) is 0 Å². The van der Waals surface area contributed by atoms with E-state index in [9.17, 15) is 10.2 Å². The first-order valence-electron chi connectivity index (χ1n) is 6.98. The lowest BCUT2D eigenvalue weighted by Crippen LogP contribution is -2.41. The number of phenols is 1. The molecule has 4 nitrogen and oxygen atoms in total. The smallest absolute Gasteiger partial charge is 0.495 e. The van der Waals surface area contributed by atoms with Crippen molar-refractivity contribution in [2.75, 3.05) is 0 Å². The molecule has 1 fully saturated rings. The van der Waals surface area contributed by atoms with Gasteiger partial charge in [0.1, 0.15) is 5.75 Å². The second kappa shape index (κ2) is 5.06. The van der Waals surface area contributed by atoms with Crippen LogP contribution in [-0.4, -0.2) is 34.6 Å². The second-order valence-electron chi connectivity index (χ2n) is 6.52. The predicted octanol–water partition coefficient (Wildman–Crippen LogP) is 1.61. The summed E-state index contributed by atoms with van der Waals surface area (Å²) in [6.07, 6.45) is -0.0358. The first-order chi connectivity index (χ1) is 9.12. The molecule has 0 amide bonds. The molecule has 1 atom stereocenters. The number of benzene rings is 1. The van der Waals surface area contributed by atoms with Crippen molar-refractivity contribution in [2.45, 2.75) is 58.3 Å². The van der Waals surface area contributed by atoms with Crippen LogP contribution in [0.15, 0.2) is 18.2 Å². The van der Waals surface area contributed by atoms with Crippen LogP contribution in [0.25, 0.3) is 0 Å². The molecular formula is C15H23BO4. The SMILES string of the molecule is CC(O)Cc1cc(O)ccc1B1OC(C)(C)C(C)(C)O1. The van der Waals surface area contributed by atoms with Crippen molar-refractivity contribution in [1.82, 2.24) is 0 Å². The van der Waals surface area contributed by atoms with Gasteiger partial charge in [-0.05, 0) is 64.2 Å². The van der Waals surface area contributed by atoms with E-state index in [0.717, 1.165) is 11.0 Å². The van der Waals surface area contributed by atoms with Gasteiger partial charge in [-0.2, -0.15) is 0 Å². The van der Waals surface area contributed by atoms with Crippen molar-refractivity contribution in [3.05, 3.63) is 23.8 Å². The molecule has 1 aliphatic rings. The molecule has 20 heavy (non-hydrogen) atoms. The highest BCUT2D eigenvalue weighted by Crippen LogP contribution is 2.36. The van der Waals surface area contributed by atoms with Gasteiger partial charge in [-0.15, -0.1) is 0 Å². The maximum atomic E-state index is 9.64. The first-order valence-corrected chi connectivity index (χ1v) is 6.98. The van der Waals surface area contributed by atoms with Crippen molar-refractivity contribution < 1.29 is 19.5 Å². The third kappa shape index (κ3) is 2.85. The van der Waals surface area contributed by atoms with E-state index in [1.807, 2.05) is 27.7 Å². The Balaban J connectivity index is 2.34. The summed E-state index contributed by atoms with van der Waals surface area (Å²) in [7, 11) is -0.477. The highest BCUT2D eigenvalue weighted by molar-refractivity contribution is 6.62. The van der Waals surface area contributed by atoms with Gasteiger partial charge in [-0.25, -0.2) is 0 Å². The maximum absolute atomic E-state index is 9.64. The Bertz CT molecular complexity index is 481. The van der Waals surface area contributed by atoms with Crippen molar-refractivity contribution in [3.8, 4) is 5.75 Å². The fourth-order valence-electron chi connectivity index (χ4n) is 2.29. The Labute approximate surface area is 120 Å². The zero-order valence-electron chi connectivity index (χ0n) is 12.8. The molecular weight excluding hydrogens is 255 g/mol. The highest BCUT2D eigenvalue weighted by atomic mass is 16.7. The zero-order valence-corrected chi connectivity index (χ0v) is 12.8. The van der Waals surface area contributed by atoms with Crippen molar-refractivity contribution in [2.24, 2.45) is 0 Å². The molecule has 5 heteroatoms. The fraction of sp³-hybridized carbons (Fsp3) is 0.600. The van der Waals surface area contributed by atoms with Gasteiger partial charge < -0.3 is 19.5 Å². The molecule has 2 N–H and O–H groups in total. The largest absolute Gasteiger partial charge is 0.508 e. The van der Waals surface area contributed by atoms with Crippen LogP contribution in [0.3, 0.4) is 0 Å². The third-order valence-electron chi connectivity index (χ3n) is 4.15. The molecule has 2 rings (SSSR count). The highest BCUT2D eigenvalue weighted by Gasteiger charge is 2.52. The summed E-state index contributed by atoms with van der Waals surface area (Å²) in [6.45, 7) is 9.73. The zero-order chi connectivity index (χ0) is 15.1. The lowest BCUT2D eigenvalue weighted by Gasteiger charge is -2.32. The summed E-state index contributed by atoms with van der Waals surface area (Å²) in [6, 6.07) is 5.08. The quantitative estimate of drug-likeness (QED) is 0.825. The molecule has 0 aliphatic carbocycles. The monoisotopic (exact) mass is 278 g/mol. The van der Waals surface area contributed by atoms with Gasteiger partial charge in [0.25, 0.3) is 0 Å². The second-order valence-corrected chi connectivity index (χ2v) is 6.52. The summed E-state index contributed by atoms with van der Waals surface area (Å²) in [5.74, 6) is 0.181. The number of hydrogen-bond acceptors (Lipinski definition) is 4. The lowest BCUT2D eigenvalue weighted by molar-refractivity contribution is 0.00578. The van der Waals surface area contributed by atoms with Gasteiger partial charge in [-0.3, -0.25) is 0 Å². The molecule has 0 aromatic heterocycles. The molecule has 0 spiro atoms. The normalized spacial score (nSPS) is 22.0. The van der Waals surface area contributed by atoms with Crippen LogP contribution >= 0.6 is 0 Å². The van der Waals surface area contributed by atoms with Gasteiger partial charge in [-0.1, -0.05) is 6.07 Å². The third-order valence-corrected chi connectivity index (χ3v) is 4.15. The van der Waals surface area contributed by atoms with Crippen LogP contribution < -0.4 is 5.46 Å². The average Bonchev–Trinajstić information content (AvgIpc) is 2.46. The molecule has 110 valence electrons. The summed E-state index contributed by atoms with van der Waals surface area (Å²) < 4.78 is 12.1. The Morgan fingerprint density at radius 2 is 1.70 bits per heavy atom. The van der Waals surface area contributed by atoms with Gasteiger partial charge in [0.15, 0.2) is 0 Å². The molecule has 1 aliphatic heterocycles. The topological polar surface area (TPSA) is 58.9 Å². The summed E-state index contributed by atoms with van der Waals surface area (Å²) in [4.78, 5) is 0. The Morgan fingerprint density at radius 3 is 2.20 bits per heavy atom. The summed E-state index contributed by atoms with van der Waals surface area (Å²) in [5.41, 5.74) is 0.899. The van der Waals surface area contributed by atoms with E-state index in [1.54, 1.807) is 25.1 Å². The van der Waals surface area contributed by atoms with Gasteiger partial charge >= 0.3 is 7.12 Å². The average molecular weight is 278 g/mol. The number of aliphatic hydroxyl groups excluding tert-OH is 1. The van der Waals surface area contributed by atoms with E-state index < -0.39 is 24.4 Å². The lowest BCUT2D eigenvalue weighted by atomic mass is 9.75. The molecule has 1 unspecified atom stereocenters. The molecule has 1 saturated heterocycles. The Kier molecular flexibility index (Phi) is 3.89. The van der Waals surface area contributed by atoms with E-state index in [2.05, 4.69) is 0 Å². The van der Waals surface area contributed by atoms with Crippen LogP contribution in [-0.2, 0) is 15.7 Å². The van der Waals surface area contributed by atoms with Crippen LogP contribution in [0, 0.1) is 0 Å². The van der Waals surface area contributed by atoms with Gasteiger partial charge in [0, 0.05) is 0 Å². The molecule has 1 aromatic rings.